The fourth-order valence-corrected chi connectivity index (χ4v) is 3.29. The van der Waals surface area contributed by atoms with Gasteiger partial charge in [-0.1, -0.05) is 48.9 Å². The largest absolute Gasteiger partial charge is 0.497 e. The van der Waals surface area contributed by atoms with Gasteiger partial charge in [0.25, 0.3) is 0 Å². The molecule has 1 N–H and O–H groups in total. The summed E-state index contributed by atoms with van der Waals surface area (Å²) in [6.45, 7) is 4.60. The van der Waals surface area contributed by atoms with E-state index in [9.17, 15) is 9.59 Å². The van der Waals surface area contributed by atoms with Crippen LogP contribution >= 0.6 is 11.6 Å². The smallest absolute Gasteiger partial charge is 0.242 e. The molecule has 6 heteroatoms. The highest BCUT2D eigenvalue weighted by atomic mass is 35.5. The van der Waals surface area contributed by atoms with E-state index in [1.807, 2.05) is 56.3 Å². The van der Waals surface area contributed by atoms with Crippen molar-refractivity contribution in [2.24, 2.45) is 0 Å². The maximum atomic E-state index is 13.2. The van der Waals surface area contributed by atoms with E-state index < -0.39 is 6.04 Å². The van der Waals surface area contributed by atoms with Crippen molar-refractivity contribution in [3.05, 3.63) is 64.7 Å². The number of halogens is 1. The summed E-state index contributed by atoms with van der Waals surface area (Å²) >= 11 is 6.23. The van der Waals surface area contributed by atoms with Crippen LogP contribution in [0.3, 0.4) is 0 Å². The van der Waals surface area contributed by atoms with Crippen LogP contribution in [0.2, 0.25) is 5.02 Å². The Labute approximate surface area is 171 Å². The summed E-state index contributed by atoms with van der Waals surface area (Å²) in [5.41, 5.74) is 1.64. The third-order valence-electron chi connectivity index (χ3n) is 4.52. The van der Waals surface area contributed by atoms with Crippen LogP contribution < -0.4 is 10.1 Å². The summed E-state index contributed by atoms with van der Waals surface area (Å²) in [5.74, 6) is 0.413. The fraction of sp³-hybridized carbons (Fsp3) is 0.364. The van der Waals surface area contributed by atoms with Crippen LogP contribution in [-0.2, 0) is 22.6 Å². The molecule has 0 saturated carbocycles. The van der Waals surface area contributed by atoms with Crippen molar-refractivity contribution in [1.29, 1.82) is 0 Å². The number of nitrogens with zero attached hydrogens (tertiary/aromatic N) is 1. The number of nitrogens with one attached hydrogen (secondary N) is 1. The van der Waals surface area contributed by atoms with Crippen molar-refractivity contribution in [3.8, 4) is 5.75 Å². The second kappa shape index (κ2) is 10.7. The molecular weight excluding hydrogens is 376 g/mol. The van der Waals surface area contributed by atoms with Crippen molar-refractivity contribution in [2.75, 3.05) is 13.7 Å². The molecule has 2 amide bonds. The minimum absolute atomic E-state index is 0.138. The van der Waals surface area contributed by atoms with E-state index >= 15 is 0 Å². The van der Waals surface area contributed by atoms with Crippen LogP contribution in [0.25, 0.3) is 0 Å². The number of likely N-dealkylation sites (N-methyl/N-ethyl adjacent to an activating group) is 1. The molecule has 0 aromatic heterocycles. The quantitative estimate of drug-likeness (QED) is 0.693. The summed E-state index contributed by atoms with van der Waals surface area (Å²) in [6, 6.07) is 14.2. The summed E-state index contributed by atoms with van der Waals surface area (Å²) < 4.78 is 5.28. The lowest BCUT2D eigenvalue weighted by Gasteiger charge is -2.31. The molecule has 5 nitrogen and oxygen atoms in total. The number of benzene rings is 2. The van der Waals surface area contributed by atoms with Gasteiger partial charge < -0.3 is 15.0 Å². The van der Waals surface area contributed by atoms with E-state index in [4.69, 9.17) is 16.3 Å². The average molecular weight is 403 g/mol. The van der Waals surface area contributed by atoms with Gasteiger partial charge in [0, 0.05) is 18.1 Å². The van der Waals surface area contributed by atoms with Gasteiger partial charge in [-0.05, 0) is 42.7 Å². The van der Waals surface area contributed by atoms with Crippen molar-refractivity contribution >= 4 is 23.4 Å². The van der Waals surface area contributed by atoms with Crippen molar-refractivity contribution < 1.29 is 14.3 Å². The number of ether oxygens (including phenoxy) is 1. The predicted octanol–water partition coefficient (Wildman–Crippen LogP) is 3.83. The fourth-order valence-electron chi connectivity index (χ4n) is 3.09. The Kier molecular flexibility index (Phi) is 8.33. The van der Waals surface area contributed by atoms with E-state index in [1.54, 1.807) is 18.1 Å². The van der Waals surface area contributed by atoms with Crippen molar-refractivity contribution in [2.45, 2.75) is 39.3 Å². The van der Waals surface area contributed by atoms with Crippen LogP contribution in [-0.4, -0.2) is 36.4 Å². The second-order valence-electron chi connectivity index (χ2n) is 6.46. The summed E-state index contributed by atoms with van der Waals surface area (Å²) in [4.78, 5) is 27.4. The van der Waals surface area contributed by atoms with Crippen LogP contribution in [0.15, 0.2) is 48.5 Å². The zero-order valence-corrected chi connectivity index (χ0v) is 17.3. The van der Waals surface area contributed by atoms with Gasteiger partial charge in [-0.15, -0.1) is 0 Å². The molecule has 0 aliphatic carbocycles. The lowest BCUT2D eigenvalue weighted by molar-refractivity contribution is -0.140. The third-order valence-corrected chi connectivity index (χ3v) is 4.89. The van der Waals surface area contributed by atoms with Crippen molar-refractivity contribution in [3.63, 3.8) is 0 Å². The maximum absolute atomic E-state index is 13.2. The van der Waals surface area contributed by atoms with Gasteiger partial charge in [0.1, 0.15) is 11.8 Å². The molecule has 150 valence electrons. The molecule has 0 aliphatic rings. The van der Waals surface area contributed by atoms with Crippen LogP contribution in [0, 0.1) is 0 Å². The molecule has 2 rings (SSSR count). The SMILES string of the molecule is CCNC(=O)[C@@H](CC)N(Cc1cccc(OC)c1)C(=O)Cc1ccccc1Cl. The predicted molar refractivity (Wildman–Crippen MR) is 111 cm³/mol. The minimum Gasteiger partial charge on any atom is -0.497 e. The first-order chi connectivity index (χ1) is 13.5. The Morgan fingerprint density at radius 2 is 1.89 bits per heavy atom. The first-order valence-electron chi connectivity index (χ1n) is 9.43. The van der Waals surface area contributed by atoms with Gasteiger partial charge >= 0.3 is 0 Å². The molecular formula is C22H27ClN2O3. The van der Waals surface area contributed by atoms with Crippen molar-refractivity contribution in [1.82, 2.24) is 10.2 Å². The highest BCUT2D eigenvalue weighted by molar-refractivity contribution is 6.31. The van der Waals surface area contributed by atoms with Crippen LogP contribution in [0.4, 0.5) is 0 Å². The molecule has 0 unspecified atom stereocenters. The average Bonchev–Trinajstić information content (AvgIpc) is 2.70. The van der Waals surface area contributed by atoms with Gasteiger partial charge in [-0.3, -0.25) is 9.59 Å². The second-order valence-corrected chi connectivity index (χ2v) is 6.87. The molecule has 2 aromatic carbocycles. The van der Waals surface area contributed by atoms with Crippen LogP contribution in [0.5, 0.6) is 5.75 Å². The molecule has 0 saturated heterocycles. The van der Waals surface area contributed by atoms with Gasteiger partial charge in [-0.2, -0.15) is 0 Å². The standard InChI is InChI=1S/C22H27ClN2O3/c1-4-20(22(27)24-5-2)25(15-16-9-8-11-18(13-16)28-3)21(26)14-17-10-6-7-12-19(17)23/h6-13,20H,4-5,14-15H2,1-3H3,(H,24,27)/t20-/m1/s1. The lowest BCUT2D eigenvalue weighted by atomic mass is 10.1. The Bertz CT molecular complexity index is 810. The number of methoxy groups -OCH3 is 1. The van der Waals surface area contributed by atoms with E-state index in [2.05, 4.69) is 5.32 Å². The molecule has 0 aliphatic heterocycles. The number of amides is 2. The van der Waals surface area contributed by atoms with Crippen LogP contribution in [0.1, 0.15) is 31.4 Å². The number of carbonyl (C=O) groups excluding carboxylic acids is 2. The normalized spacial score (nSPS) is 11.6. The number of carbonyl (C=O) groups is 2. The van der Waals surface area contributed by atoms with Gasteiger partial charge in [0.05, 0.1) is 13.5 Å². The molecule has 0 radical (unpaired) electrons. The Hall–Kier alpha value is -2.53. The van der Waals surface area contributed by atoms with Gasteiger partial charge in [-0.25, -0.2) is 0 Å². The first-order valence-corrected chi connectivity index (χ1v) is 9.81. The zero-order valence-electron chi connectivity index (χ0n) is 16.6. The Morgan fingerprint density at radius 3 is 2.54 bits per heavy atom. The molecule has 0 heterocycles. The van der Waals surface area contributed by atoms with E-state index in [0.29, 0.717) is 30.3 Å². The van der Waals surface area contributed by atoms with Gasteiger partial charge in [0.15, 0.2) is 0 Å². The number of rotatable bonds is 9. The summed E-state index contributed by atoms with van der Waals surface area (Å²) in [7, 11) is 1.60. The molecule has 0 spiro atoms. The molecule has 2 aromatic rings. The molecule has 28 heavy (non-hydrogen) atoms. The topological polar surface area (TPSA) is 58.6 Å². The number of hydrogen-bond donors (Lipinski definition) is 1. The third kappa shape index (κ3) is 5.73. The Balaban J connectivity index is 2.32. The highest BCUT2D eigenvalue weighted by Crippen LogP contribution is 2.20. The zero-order chi connectivity index (χ0) is 20.5. The highest BCUT2D eigenvalue weighted by Gasteiger charge is 2.28. The molecule has 0 bridgehead atoms. The summed E-state index contributed by atoms with van der Waals surface area (Å²) in [5, 5.41) is 3.38. The van der Waals surface area contributed by atoms with Gasteiger partial charge in [0.2, 0.25) is 11.8 Å². The monoisotopic (exact) mass is 402 g/mol. The van der Waals surface area contributed by atoms with E-state index in [-0.39, 0.29) is 18.2 Å². The first kappa shape index (κ1) is 21.8. The van der Waals surface area contributed by atoms with E-state index in [1.165, 1.54) is 0 Å². The van der Waals surface area contributed by atoms with E-state index in [0.717, 1.165) is 11.1 Å². The molecule has 1 atom stereocenters. The summed E-state index contributed by atoms with van der Waals surface area (Å²) in [6.07, 6.45) is 0.656. The maximum Gasteiger partial charge on any atom is 0.242 e. The minimum atomic E-state index is -0.555. The lowest BCUT2D eigenvalue weighted by Crippen LogP contribution is -2.49. The number of hydrogen-bond acceptors (Lipinski definition) is 3. The molecule has 0 fully saturated rings. The Morgan fingerprint density at radius 1 is 1.14 bits per heavy atom.